The van der Waals surface area contributed by atoms with E-state index in [1.807, 2.05) is 11.3 Å². The highest BCUT2D eigenvalue weighted by atomic mass is 32.1. The van der Waals surface area contributed by atoms with E-state index in [-0.39, 0.29) is 5.54 Å². The van der Waals surface area contributed by atoms with Gasteiger partial charge >= 0.3 is 0 Å². The highest BCUT2D eigenvalue weighted by Gasteiger charge is 2.39. The molecule has 20 heavy (non-hydrogen) atoms. The smallest absolute Gasteiger partial charge is 0.0512 e. The Balaban J connectivity index is 2.22. The van der Waals surface area contributed by atoms with E-state index in [0.29, 0.717) is 6.04 Å². The highest BCUT2D eigenvalue weighted by Crippen LogP contribution is 2.36. The van der Waals surface area contributed by atoms with E-state index in [1.165, 1.54) is 50.8 Å². The van der Waals surface area contributed by atoms with Gasteiger partial charge in [0.15, 0.2) is 0 Å². The van der Waals surface area contributed by atoms with E-state index in [9.17, 15) is 0 Å². The van der Waals surface area contributed by atoms with Gasteiger partial charge in [0.2, 0.25) is 0 Å². The van der Waals surface area contributed by atoms with Crippen LogP contribution in [0.2, 0.25) is 0 Å². The molecule has 114 valence electrons. The highest BCUT2D eigenvalue weighted by molar-refractivity contribution is 7.07. The Morgan fingerprint density at radius 3 is 2.60 bits per heavy atom. The van der Waals surface area contributed by atoms with Crippen molar-refractivity contribution in [3.05, 3.63) is 22.4 Å². The molecule has 1 aliphatic rings. The first-order valence-electron chi connectivity index (χ1n) is 8.23. The van der Waals surface area contributed by atoms with Crippen LogP contribution in [0.25, 0.3) is 0 Å². The second-order valence-corrected chi connectivity index (χ2v) is 6.98. The molecule has 1 fully saturated rings. The van der Waals surface area contributed by atoms with Crippen molar-refractivity contribution in [2.45, 2.75) is 64.5 Å². The van der Waals surface area contributed by atoms with Gasteiger partial charge in [-0.05, 0) is 74.6 Å². The standard InChI is InChI=1S/C17H30N2S/c1-4-10-18-16(15-9-13-20-14-15)17(3,5-2)19-11-7-6-8-12-19/h9,13-14,16,18H,4-8,10-12H2,1-3H3. The quantitative estimate of drug-likeness (QED) is 0.799. The molecule has 0 aromatic carbocycles. The van der Waals surface area contributed by atoms with Gasteiger partial charge in [-0.3, -0.25) is 4.90 Å². The molecule has 1 aromatic heterocycles. The fourth-order valence-electron chi connectivity index (χ4n) is 3.44. The van der Waals surface area contributed by atoms with Crippen molar-refractivity contribution in [3.8, 4) is 0 Å². The Kier molecular flexibility index (Phi) is 6.06. The molecule has 0 radical (unpaired) electrons. The lowest BCUT2D eigenvalue weighted by Crippen LogP contribution is -2.56. The Morgan fingerprint density at radius 1 is 1.30 bits per heavy atom. The van der Waals surface area contributed by atoms with E-state index >= 15 is 0 Å². The van der Waals surface area contributed by atoms with Crippen molar-refractivity contribution >= 4 is 11.3 Å². The molecule has 3 heteroatoms. The van der Waals surface area contributed by atoms with Gasteiger partial charge in [-0.15, -0.1) is 0 Å². The minimum absolute atomic E-state index is 0.233. The largest absolute Gasteiger partial charge is 0.308 e. The number of nitrogens with one attached hydrogen (secondary N) is 1. The third-order valence-electron chi connectivity index (χ3n) is 4.89. The van der Waals surface area contributed by atoms with Crippen LogP contribution in [0, 0.1) is 0 Å². The Hall–Kier alpha value is -0.380. The van der Waals surface area contributed by atoms with Gasteiger partial charge in [-0.25, -0.2) is 0 Å². The first kappa shape index (κ1) is 16.0. The summed E-state index contributed by atoms with van der Waals surface area (Å²) in [6, 6.07) is 2.76. The molecule has 1 N–H and O–H groups in total. The minimum Gasteiger partial charge on any atom is -0.308 e. The lowest BCUT2D eigenvalue weighted by molar-refractivity contribution is 0.0426. The molecular weight excluding hydrogens is 264 g/mol. The number of hydrogen-bond acceptors (Lipinski definition) is 3. The number of piperidine rings is 1. The van der Waals surface area contributed by atoms with Gasteiger partial charge in [-0.1, -0.05) is 20.3 Å². The van der Waals surface area contributed by atoms with Gasteiger partial charge in [-0.2, -0.15) is 11.3 Å². The predicted molar refractivity (Wildman–Crippen MR) is 89.5 cm³/mol. The van der Waals surface area contributed by atoms with Crippen molar-refractivity contribution in [2.75, 3.05) is 19.6 Å². The SMILES string of the molecule is CCCNC(c1ccsc1)C(C)(CC)N1CCCCC1. The fraction of sp³-hybridized carbons (Fsp3) is 0.765. The maximum absolute atomic E-state index is 3.83. The summed E-state index contributed by atoms with van der Waals surface area (Å²) < 4.78 is 0. The van der Waals surface area contributed by atoms with Gasteiger partial charge in [0.1, 0.15) is 0 Å². The maximum atomic E-state index is 3.83. The lowest BCUT2D eigenvalue weighted by Gasteiger charge is -2.48. The van der Waals surface area contributed by atoms with Crippen molar-refractivity contribution in [1.82, 2.24) is 10.2 Å². The molecule has 0 aliphatic carbocycles. The van der Waals surface area contributed by atoms with E-state index in [1.54, 1.807) is 0 Å². The number of rotatable bonds is 7. The first-order chi connectivity index (χ1) is 9.72. The Bertz CT molecular complexity index is 370. The average Bonchev–Trinajstić information content (AvgIpc) is 3.02. The Morgan fingerprint density at radius 2 is 2.05 bits per heavy atom. The summed E-state index contributed by atoms with van der Waals surface area (Å²) in [5.74, 6) is 0. The Labute approximate surface area is 128 Å². The second-order valence-electron chi connectivity index (χ2n) is 6.20. The molecule has 2 unspecified atom stereocenters. The zero-order chi connectivity index (χ0) is 14.4. The summed E-state index contributed by atoms with van der Waals surface area (Å²) in [4.78, 5) is 2.74. The van der Waals surface area contributed by atoms with Gasteiger partial charge in [0, 0.05) is 5.54 Å². The van der Waals surface area contributed by atoms with Crippen LogP contribution in [0.3, 0.4) is 0 Å². The van der Waals surface area contributed by atoms with E-state index in [0.717, 1.165) is 6.54 Å². The zero-order valence-corrected chi connectivity index (χ0v) is 14.1. The fourth-order valence-corrected chi connectivity index (χ4v) is 4.13. The summed E-state index contributed by atoms with van der Waals surface area (Å²) in [7, 11) is 0. The lowest BCUT2D eigenvalue weighted by atomic mass is 9.82. The van der Waals surface area contributed by atoms with Crippen LogP contribution < -0.4 is 5.32 Å². The number of likely N-dealkylation sites (tertiary alicyclic amines) is 1. The van der Waals surface area contributed by atoms with Crippen LogP contribution >= 0.6 is 11.3 Å². The second kappa shape index (κ2) is 7.58. The summed E-state index contributed by atoms with van der Waals surface area (Å²) >= 11 is 1.82. The van der Waals surface area contributed by atoms with Gasteiger partial charge in [0.25, 0.3) is 0 Å². The van der Waals surface area contributed by atoms with E-state index in [2.05, 4.69) is 47.8 Å². The number of nitrogens with zero attached hydrogens (tertiary/aromatic N) is 1. The molecule has 1 saturated heterocycles. The van der Waals surface area contributed by atoms with Crippen LogP contribution in [0.4, 0.5) is 0 Å². The normalized spacial score (nSPS) is 21.6. The van der Waals surface area contributed by atoms with Crippen LogP contribution in [0.5, 0.6) is 0 Å². The molecule has 0 spiro atoms. The molecule has 1 aliphatic heterocycles. The van der Waals surface area contributed by atoms with Crippen molar-refractivity contribution in [3.63, 3.8) is 0 Å². The van der Waals surface area contributed by atoms with Crippen LogP contribution in [-0.2, 0) is 0 Å². The molecule has 0 bridgehead atoms. The van der Waals surface area contributed by atoms with Crippen molar-refractivity contribution in [2.24, 2.45) is 0 Å². The minimum atomic E-state index is 0.233. The molecule has 0 amide bonds. The molecule has 2 rings (SSSR count). The van der Waals surface area contributed by atoms with Crippen LogP contribution in [-0.4, -0.2) is 30.1 Å². The summed E-state index contributed by atoms with van der Waals surface area (Å²) in [6.07, 6.45) is 6.52. The summed E-state index contributed by atoms with van der Waals surface area (Å²) in [5.41, 5.74) is 1.70. The summed E-state index contributed by atoms with van der Waals surface area (Å²) in [6.45, 7) is 10.7. The average molecular weight is 295 g/mol. The van der Waals surface area contributed by atoms with Gasteiger partial charge in [0.05, 0.1) is 6.04 Å². The third kappa shape index (κ3) is 3.44. The first-order valence-corrected chi connectivity index (χ1v) is 9.17. The maximum Gasteiger partial charge on any atom is 0.0512 e. The topological polar surface area (TPSA) is 15.3 Å². The van der Waals surface area contributed by atoms with Crippen LogP contribution in [0.1, 0.15) is 64.5 Å². The molecule has 2 heterocycles. The zero-order valence-electron chi connectivity index (χ0n) is 13.3. The molecule has 2 nitrogen and oxygen atoms in total. The monoisotopic (exact) mass is 294 g/mol. The number of hydrogen-bond donors (Lipinski definition) is 1. The molecular formula is C17H30N2S. The molecule has 1 aromatic rings. The number of thiophene rings is 1. The third-order valence-corrected chi connectivity index (χ3v) is 5.59. The summed E-state index contributed by atoms with van der Waals surface area (Å²) in [5, 5.41) is 8.36. The van der Waals surface area contributed by atoms with Crippen molar-refractivity contribution < 1.29 is 0 Å². The predicted octanol–water partition coefficient (Wildman–Crippen LogP) is 4.44. The van der Waals surface area contributed by atoms with Crippen molar-refractivity contribution in [1.29, 1.82) is 0 Å². The molecule has 0 saturated carbocycles. The molecule has 2 atom stereocenters. The van der Waals surface area contributed by atoms with Crippen LogP contribution in [0.15, 0.2) is 16.8 Å². The van der Waals surface area contributed by atoms with E-state index in [4.69, 9.17) is 0 Å². The van der Waals surface area contributed by atoms with Gasteiger partial charge < -0.3 is 5.32 Å². The van der Waals surface area contributed by atoms with E-state index < -0.39 is 0 Å².